The molecule has 0 radical (unpaired) electrons. The molecule has 4 nitrogen and oxygen atoms in total. The van der Waals surface area contributed by atoms with Crippen LogP contribution in [0, 0.1) is 5.92 Å². The van der Waals surface area contributed by atoms with E-state index in [4.69, 9.17) is 4.74 Å². The molecule has 1 aliphatic heterocycles. The summed E-state index contributed by atoms with van der Waals surface area (Å²) in [7, 11) is 0. The van der Waals surface area contributed by atoms with Crippen LogP contribution < -0.4 is 15.4 Å². The first-order valence-electron chi connectivity index (χ1n) is 7.01. The molecule has 1 saturated heterocycles. The van der Waals surface area contributed by atoms with Gasteiger partial charge in [0, 0.05) is 12.1 Å². The van der Waals surface area contributed by atoms with Crippen LogP contribution in [-0.2, 0) is 0 Å². The molecule has 1 aliphatic rings. The number of benzene rings is 1. The summed E-state index contributed by atoms with van der Waals surface area (Å²) < 4.78 is 5.53. The predicted molar refractivity (Wildman–Crippen MR) is 75.5 cm³/mol. The van der Waals surface area contributed by atoms with Gasteiger partial charge in [-0.05, 0) is 50.0 Å². The summed E-state index contributed by atoms with van der Waals surface area (Å²) in [5, 5.41) is 6.29. The summed E-state index contributed by atoms with van der Waals surface area (Å²) in [5.41, 5.74) is 0.666. The second-order valence-electron chi connectivity index (χ2n) is 4.95. The average Bonchev–Trinajstić information content (AvgIpc) is 2.96. The minimum absolute atomic E-state index is 0.0196. The Balaban J connectivity index is 1.86. The minimum atomic E-state index is -0.0196. The zero-order chi connectivity index (χ0) is 13.5. The summed E-state index contributed by atoms with van der Waals surface area (Å²) in [6.45, 7) is 5.54. The fraction of sp³-hybridized carbons (Fsp3) is 0.533. The summed E-state index contributed by atoms with van der Waals surface area (Å²) in [4.78, 5) is 12.0. The van der Waals surface area contributed by atoms with Gasteiger partial charge in [0.05, 0.1) is 6.61 Å². The van der Waals surface area contributed by atoms with Gasteiger partial charge in [-0.25, -0.2) is 0 Å². The van der Waals surface area contributed by atoms with Crippen molar-refractivity contribution < 1.29 is 9.53 Å². The Kier molecular flexibility index (Phi) is 5.21. The van der Waals surface area contributed by atoms with Crippen LogP contribution in [0.2, 0.25) is 0 Å². The third kappa shape index (κ3) is 4.24. The highest BCUT2D eigenvalue weighted by atomic mass is 16.5. The third-order valence-electron chi connectivity index (χ3n) is 3.28. The zero-order valence-corrected chi connectivity index (χ0v) is 11.4. The highest BCUT2D eigenvalue weighted by molar-refractivity contribution is 5.94. The topological polar surface area (TPSA) is 50.4 Å². The molecule has 1 aromatic rings. The lowest BCUT2D eigenvalue weighted by Gasteiger charge is -2.11. The Labute approximate surface area is 114 Å². The Hall–Kier alpha value is -1.55. The van der Waals surface area contributed by atoms with E-state index in [9.17, 15) is 4.79 Å². The van der Waals surface area contributed by atoms with Gasteiger partial charge in [0.15, 0.2) is 0 Å². The van der Waals surface area contributed by atoms with Crippen LogP contribution in [0.5, 0.6) is 5.75 Å². The van der Waals surface area contributed by atoms with E-state index in [1.54, 1.807) is 6.07 Å². The third-order valence-corrected chi connectivity index (χ3v) is 3.28. The predicted octanol–water partition coefficient (Wildman–Crippen LogP) is 1.81. The molecule has 104 valence electrons. The Morgan fingerprint density at radius 3 is 3.16 bits per heavy atom. The Bertz CT molecular complexity index is 414. The lowest BCUT2D eigenvalue weighted by molar-refractivity contribution is 0.0947. The molecule has 0 spiro atoms. The molecule has 0 aliphatic carbocycles. The number of ether oxygens (including phenoxy) is 1. The van der Waals surface area contributed by atoms with Gasteiger partial charge in [0.25, 0.3) is 5.91 Å². The summed E-state index contributed by atoms with van der Waals surface area (Å²) in [5.74, 6) is 1.30. The average molecular weight is 262 g/mol. The molecule has 1 aromatic carbocycles. The quantitative estimate of drug-likeness (QED) is 0.822. The normalized spacial score (nSPS) is 18.3. The van der Waals surface area contributed by atoms with E-state index in [2.05, 4.69) is 17.6 Å². The summed E-state index contributed by atoms with van der Waals surface area (Å²) >= 11 is 0. The van der Waals surface area contributed by atoms with Crippen molar-refractivity contribution in [2.75, 3.05) is 26.2 Å². The van der Waals surface area contributed by atoms with Gasteiger partial charge in [0.1, 0.15) is 5.75 Å². The molecule has 0 bridgehead atoms. The molecular formula is C15H22N2O2. The molecule has 1 atom stereocenters. The Morgan fingerprint density at radius 1 is 1.53 bits per heavy atom. The number of carbonyl (C=O) groups is 1. The van der Waals surface area contributed by atoms with E-state index >= 15 is 0 Å². The first kappa shape index (κ1) is 13.9. The molecule has 4 heteroatoms. The number of carbonyl (C=O) groups excluding carboxylic acids is 1. The number of hydrogen-bond acceptors (Lipinski definition) is 3. The van der Waals surface area contributed by atoms with E-state index in [-0.39, 0.29) is 5.91 Å². The molecule has 0 saturated carbocycles. The zero-order valence-electron chi connectivity index (χ0n) is 11.4. The van der Waals surface area contributed by atoms with Crippen molar-refractivity contribution in [1.29, 1.82) is 0 Å². The van der Waals surface area contributed by atoms with Gasteiger partial charge >= 0.3 is 0 Å². The van der Waals surface area contributed by atoms with Crippen molar-refractivity contribution in [3.8, 4) is 5.75 Å². The molecular weight excluding hydrogens is 240 g/mol. The minimum Gasteiger partial charge on any atom is -0.494 e. The highest BCUT2D eigenvalue weighted by Gasteiger charge is 2.15. The second-order valence-corrected chi connectivity index (χ2v) is 4.95. The van der Waals surface area contributed by atoms with Crippen molar-refractivity contribution >= 4 is 5.91 Å². The smallest absolute Gasteiger partial charge is 0.251 e. The first-order chi connectivity index (χ1) is 9.29. The van der Waals surface area contributed by atoms with Gasteiger partial charge in [-0.2, -0.15) is 0 Å². The van der Waals surface area contributed by atoms with Gasteiger partial charge < -0.3 is 15.4 Å². The number of rotatable bonds is 6. The number of nitrogens with one attached hydrogen (secondary N) is 2. The highest BCUT2D eigenvalue weighted by Crippen LogP contribution is 2.14. The maximum atomic E-state index is 12.0. The van der Waals surface area contributed by atoms with Crippen LogP contribution in [0.3, 0.4) is 0 Å². The maximum absolute atomic E-state index is 12.0. The Morgan fingerprint density at radius 2 is 2.42 bits per heavy atom. The van der Waals surface area contributed by atoms with E-state index < -0.39 is 0 Å². The molecule has 2 rings (SSSR count). The first-order valence-corrected chi connectivity index (χ1v) is 7.01. The molecule has 1 unspecified atom stereocenters. The largest absolute Gasteiger partial charge is 0.494 e. The molecule has 1 amide bonds. The van der Waals surface area contributed by atoms with E-state index in [0.717, 1.165) is 38.2 Å². The van der Waals surface area contributed by atoms with Crippen LogP contribution in [0.25, 0.3) is 0 Å². The monoisotopic (exact) mass is 262 g/mol. The van der Waals surface area contributed by atoms with Crippen molar-refractivity contribution in [3.05, 3.63) is 29.8 Å². The molecule has 19 heavy (non-hydrogen) atoms. The van der Waals surface area contributed by atoms with E-state index in [1.807, 2.05) is 18.2 Å². The van der Waals surface area contributed by atoms with E-state index in [1.165, 1.54) is 0 Å². The van der Waals surface area contributed by atoms with Gasteiger partial charge in [-0.3, -0.25) is 4.79 Å². The van der Waals surface area contributed by atoms with Crippen molar-refractivity contribution in [3.63, 3.8) is 0 Å². The SMILES string of the molecule is CCCOc1cccc(C(=O)NCC2CCNC2)c1. The van der Waals surface area contributed by atoms with E-state index in [0.29, 0.717) is 18.1 Å². The molecule has 0 aromatic heterocycles. The summed E-state index contributed by atoms with van der Waals surface area (Å²) in [6.07, 6.45) is 2.10. The molecule has 1 fully saturated rings. The van der Waals surface area contributed by atoms with Gasteiger partial charge in [-0.15, -0.1) is 0 Å². The lowest BCUT2D eigenvalue weighted by Crippen LogP contribution is -2.30. The van der Waals surface area contributed by atoms with Crippen LogP contribution in [0.15, 0.2) is 24.3 Å². The van der Waals surface area contributed by atoms with Crippen LogP contribution in [0.4, 0.5) is 0 Å². The van der Waals surface area contributed by atoms with Crippen molar-refractivity contribution in [2.45, 2.75) is 19.8 Å². The van der Waals surface area contributed by atoms with Crippen LogP contribution in [0.1, 0.15) is 30.1 Å². The maximum Gasteiger partial charge on any atom is 0.251 e. The molecule has 2 N–H and O–H groups in total. The van der Waals surface area contributed by atoms with Gasteiger partial charge in [-0.1, -0.05) is 13.0 Å². The number of amides is 1. The van der Waals surface area contributed by atoms with Crippen molar-refractivity contribution in [2.24, 2.45) is 5.92 Å². The second kappa shape index (κ2) is 7.14. The van der Waals surface area contributed by atoms with Crippen LogP contribution >= 0.6 is 0 Å². The van der Waals surface area contributed by atoms with Crippen molar-refractivity contribution in [1.82, 2.24) is 10.6 Å². The lowest BCUT2D eigenvalue weighted by atomic mass is 10.1. The number of hydrogen-bond donors (Lipinski definition) is 2. The fourth-order valence-corrected chi connectivity index (χ4v) is 2.17. The van der Waals surface area contributed by atoms with Crippen LogP contribution in [-0.4, -0.2) is 32.1 Å². The standard InChI is InChI=1S/C15H22N2O2/c1-2-8-19-14-5-3-4-13(9-14)15(18)17-11-12-6-7-16-10-12/h3-5,9,12,16H,2,6-8,10-11H2,1H3,(H,17,18). The fourth-order valence-electron chi connectivity index (χ4n) is 2.17. The van der Waals surface area contributed by atoms with Gasteiger partial charge in [0.2, 0.25) is 0 Å². The summed E-state index contributed by atoms with van der Waals surface area (Å²) in [6, 6.07) is 7.36. The molecule has 1 heterocycles.